The molecule has 1 aromatic rings. The highest BCUT2D eigenvalue weighted by Gasteiger charge is 2.21. The quantitative estimate of drug-likeness (QED) is 0.919. The van der Waals surface area contributed by atoms with Crippen molar-refractivity contribution in [3.8, 4) is 5.75 Å². The molecule has 0 aliphatic carbocycles. The Balaban J connectivity index is 1.41. The number of phenolic OH excluding ortho intramolecular Hbond substituents is 1. The molecule has 116 valence electrons. The summed E-state index contributed by atoms with van der Waals surface area (Å²) >= 11 is 0. The van der Waals surface area contributed by atoms with Gasteiger partial charge in [0.25, 0.3) is 0 Å². The van der Waals surface area contributed by atoms with Gasteiger partial charge in [0.2, 0.25) is 0 Å². The number of hydrogen-bond donors (Lipinski definition) is 1. The van der Waals surface area contributed by atoms with Gasteiger partial charge in [0.15, 0.2) is 0 Å². The van der Waals surface area contributed by atoms with Crippen molar-refractivity contribution in [3.63, 3.8) is 0 Å². The zero-order valence-electron chi connectivity index (χ0n) is 12.7. The van der Waals surface area contributed by atoms with Gasteiger partial charge >= 0.3 is 0 Å². The molecular weight excluding hydrogens is 264 g/mol. The van der Waals surface area contributed by atoms with Crippen LogP contribution in [0.15, 0.2) is 24.3 Å². The van der Waals surface area contributed by atoms with E-state index in [0.717, 1.165) is 26.3 Å². The first-order valence-electron chi connectivity index (χ1n) is 8.12. The molecule has 21 heavy (non-hydrogen) atoms. The van der Waals surface area contributed by atoms with E-state index >= 15 is 0 Å². The molecule has 4 heteroatoms. The van der Waals surface area contributed by atoms with E-state index in [4.69, 9.17) is 4.74 Å². The Kier molecular flexibility index (Phi) is 5.12. The summed E-state index contributed by atoms with van der Waals surface area (Å²) in [5.41, 5.74) is 1.38. The number of ether oxygens (including phenoxy) is 1. The zero-order valence-corrected chi connectivity index (χ0v) is 12.7. The number of aromatic hydroxyl groups is 1. The summed E-state index contributed by atoms with van der Waals surface area (Å²) in [7, 11) is 0. The van der Waals surface area contributed by atoms with Crippen molar-refractivity contribution in [1.82, 2.24) is 9.80 Å². The van der Waals surface area contributed by atoms with Crippen molar-refractivity contribution >= 4 is 0 Å². The number of benzene rings is 1. The fourth-order valence-electron chi connectivity index (χ4n) is 3.34. The summed E-state index contributed by atoms with van der Waals surface area (Å²) in [4.78, 5) is 5.10. The molecule has 0 radical (unpaired) electrons. The topological polar surface area (TPSA) is 35.9 Å². The molecule has 0 amide bonds. The second-order valence-electron chi connectivity index (χ2n) is 6.16. The van der Waals surface area contributed by atoms with Crippen molar-refractivity contribution in [1.29, 1.82) is 0 Å². The van der Waals surface area contributed by atoms with Crippen LogP contribution in [0.2, 0.25) is 0 Å². The van der Waals surface area contributed by atoms with E-state index in [2.05, 4.69) is 21.9 Å². The predicted octanol–water partition coefficient (Wildman–Crippen LogP) is 1.90. The minimum absolute atomic E-state index is 0.363. The first kappa shape index (κ1) is 14.8. The molecule has 2 fully saturated rings. The van der Waals surface area contributed by atoms with Gasteiger partial charge in [0.1, 0.15) is 5.75 Å². The molecule has 2 heterocycles. The molecular formula is C17H26N2O2. The molecule has 0 spiro atoms. The van der Waals surface area contributed by atoms with Crippen LogP contribution in [-0.2, 0) is 4.74 Å². The molecule has 2 aliphatic heterocycles. The van der Waals surface area contributed by atoms with Crippen molar-refractivity contribution < 1.29 is 9.84 Å². The van der Waals surface area contributed by atoms with Crippen molar-refractivity contribution in [2.45, 2.75) is 18.8 Å². The second kappa shape index (κ2) is 7.25. The highest BCUT2D eigenvalue weighted by molar-refractivity contribution is 5.28. The third-order valence-electron chi connectivity index (χ3n) is 4.79. The lowest BCUT2D eigenvalue weighted by Gasteiger charge is -2.34. The van der Waals surface area contributed by atoms with Crippen LogP contribution in [0.3, 0.4) is 0 Å². The summed E-state index contributed by atoms with van der Waals surface area (Å²) in [6.07, 6.45) is 2.46. The van der Waals surface area contributed by atoms with Gasteiger partial charge in [0, 0.05) is 26.2 Å². The molecule has 0 atom stereocenters. The maximum atomic E-state index is 9.37. The lowest BCUT2D eigenvalue weighted by atomic mass is 9.89. The van der Waals surface area contributed by atoms with Gasteiger partial charge in [-0.3, -0.25) is 4.90 Å². The Labute approximate surface area is 127 Å². The molecule has 1 aromatic carbocycles. The largest absolute Gasteiger partial charge is 0.508 e. The summed E-state index contributed by atoms with van der Waals surface area (Å²) in [5, 5.41) is 9.37. The predicted molar refractivity (Wildman–Crippen MR) is 83.8 cm³/mol. The average Bonchev–Trinajstić information content (AvgIpc) is 2.55. The fourth-order valence-corrected chi connectivity index (χ4v) is 3.34. The minimum atomic E-state index is 0.363. The molecule has 4 nitrogen and oxygen atoms in total. The number of nitrogens with zero attached hydrogens (tertiary/aromatic N) is 2. The number of piperidine rings is 1. The first-order valence-corrected chi connectivity index (χ1v) is 8.12. The number of hydrogen-bond acceptors (Lipinski definition) is 4. The smallest absolute Gasteiger partial charge is 0.115 e. The number of phenols is 1. The minimum Gasteiger partial charge on any atom is -0.508 e. The number of rotatable bonds is 4. The Morgan fingerprint density at radius 3 is 2.10 bits per heavy atom. The molecule has 2 aliphatic rings. The Hall–Kier alpha value is -1.10. The SMILES string of the molecule is Oc1ccc(C2CCN(CCN3CCOCC3)CC2)cc1. The Morgan fingerprint density at radius 1 is 0.905 bits per heavy atom. The Bertz CT molecular complexity index is 421. The zero-order chi connectivity index (χ0) is 14.5. The molecule has 0 aromatic heterocycles. The van der Waals surface area contributed by atoms with Gasteiger partial charge in [0.05, 0.1) is 13.2 Å². The van der Waals surface area contributed by atoms with E-state index in [1.807, 2.05) is 0 Å². The van der Waals surface area contributed by atoms with Crippen LogP contribution in [0.25, 0.3) is 0 Å². The van der Waals surface area contributed by atoms with Crippen LogP contribution in [0.1, 0.15) is 24.3 Å². The lowest BCUT2D eigenvalue weighted by molar-refractivity contribution is 0.0321. The average molecular weight is 290 g/mol. The van der Waals surface area contributed by atoms with Crippen molar-refractivity contribution in [2.24, 2.45) is 0 Å². The van der Waals surface area contributed by atoms with Gasteiger partial charge in [-0.05, 0) is 49.5 Å². The molecule has 0 unspecified atom stereocenters. The third kappa shape index (κ3) is 4.19. The van der Waals surface area contributed by atoms with Crippen LogP contribution >= 0.6 is 0 Å². The summed E-state index contributed by atoms with van der Waals surface area (Å²) < 4.78 is 5.39. The molecule has 1 N–H and O–H groups in total. The van der Waals surface area contributed by atoms with Crippen LogP contribution in [0, 0.1) is 0 Å². The highest BCUT2D eigenvalue weighted by Crippen LogP contribution is 2.28. The standard InChI is InChI=1S/C17H26N2O2/c20-17-3-1-15(2-4-17)16-5-7-18(8-6-16)9-10-19-11-13-21-14-12-19/h1-4,16,20H,5-14H2. The maximum Gasteiger partial charge on any atom is 0.115 e. The number of morpholine rings is 1. The molecule has 3 rings (SSSR count). The van der Waals surface area contributed by atoms with E-state index in [1.165, 1.54) is 44.6 Å². The van der Waals surface area contributed by atoms with Crippen molar-refractivity contribution in [2.75, 3.05) is 52.5 Å². The van der Waals surface area contributed by atoms with Crippen LogP contribution in [0.5, 0.6) is 5.75 Å². The normalized spacial score (nSPS) is 22.5. The van der Waals surface area contributed by atoms with Gasteiger partial charge in [-0.15, -0.1) is 0 Å². The summed E-state index contributed by atoms with van der Waals surface area (Å²) in [6, 6.07) is 7.76. The summed E-state index contributed by atoms with van der Waals surface area (Å²) in [6.45, 7) is 8.70. The fraction of sp³-hybridized carbons (Fsp3) is 0.647. The van der Waals surface area contributed by atoms with Gasteiger partial charge < -0.3 is 14.7 Å². The first-order chi connectivity index (χ1) is 10.3. The van der Waals surface area contributed by atoms with E-state index in [1.54, 1.807) is 12.1 Å². The second-order valence-corrected chi connectivity index (χ2v) is 6.16. The van der Waals surface area contributed by atoms with Gasteiger partial charge in [-0.25, -0.2) is 0 Å². The van der Waals surface area contributed by atoms with Crippen molar-refractivity contribution in [3.05, 3.63) is 29.8 Å². The monoisotopic (exact) mass is 290 g/mol. The number of likely N-dealkylation sites (tertiary alicyclic amines) is 1. The van der Waals surface area contributed by atoms with E-state index in [-0.39, 0.29) is 0 Å². The van der Waals surface area contributed by atoms with Gasteiger partial charge in [-0.1, -0.05) is 12.1 Å². The molecule has 0 saturated carbocycles. The van der Waals surface area contributed by atoms with Crippen LogP contribution < -0.4 is 0 Å². The van der Waals surface area contributed by atoms with Gasteiger partial charge in [-0.2, -0.15) is 0 Å². The molecule has 2 saturated heterocycles. The highest BCUT2D eigenvalue weighted by atomic mass is 16.5. The molecule has 0 bridgehead atoms. The maximum absolute atomic E-state index is 9.37. The van der Waals surface area contributed by atoms with E-state index in [0.29, 0.717) is 11.7 Å². The van der Waals surface area contributed by atoms with Crippen LogP contribution in [-0.4, -0.2) is 67.4 Å². The van der Waals surface area contributed by atoms with E-state index < -0.39 is 0 Å². The van der Waals surface area contributed by atoms with E-state index in [9.17, 15) is 5.11 Å². The van der Waals surface area contributed by atoms with Crippen LogP contribution in [0.4, 0.5) is 0 Å². The lowest BCUT2D eigenvalue weighted by Crippen LogP contribution is -2.43. The Morgan fingerprint density at radius 2 is 1.48 bits per heavy atom. The summed E-state index contributed by atoms with van der Waals surface area (Å²) in [5.74, 6) is 1.02. The third-order valence-corrected chi connectivity index (χ3v) is 4.79.